The molecule has 7 heteroatoms. The number of amidine groups is 1. The van der Waals surface area contributed by atoms with Gasteiger partial charge in [0, 0.05) is 34.2 Å². The summed E-state index contributed by atoms with van der Waals surface area (Å²) in [7, 11) is 0. The number of thioether (sulfide) groups is 1. The Kier molecular flexibility index (Phi) is 5.51. The molecule has 0 bridgehead atoms. The van der Waals surface area contributed by atoms with Gasteiger partial charge in [0.25, 0.3) is 5.91 Å². The second-order valence-electron chi connectivity index (χ2n) is 7.53. The Morgan fingerprint density at radius 2 is 1.76 bits per heavy atom. The summed E-state index contributed by atoms with van der Waals surface area (Å²) in [6.45, 7) is 0.543. The van der Waals surface area contributed by atoms with Gasteiger partial charge in [0.2, 0.25) is 0 Å². The first kappa shape index (κ1) is 21.1. The minimum Gasteiger partial charge on any atom is -0.342 e. The Balaban J connectivity index is 1.53. The van der Waals surface area contributed by atoms with E-state index < -0.39 is 0 Å². The summed E-state index contributed by atoms with van der Waals surface area (Å²) < 4.78 is 2.09. The molecule has 0 saturated carbocycles. The molecule has 0 aliphatic carbocycles. The zero-order valence-electron chi connectivity index (χ0n) is 17.3. The van der Waals surface area contributed by atoms with Crippen LogP contribution in [0.2, 0.25) is 5.02 Å². The van der Waals surface area contributed by atoms with Gasteiger partial charge in [-0.2, -0.15) is 5.26 Å². The number of aromatic nitrogens is 1. The van der Waals surface area contributed by atoms with Crippen LogP contribution >= 0.6 is 23.4 Å². The summed E-state index contributed by atoms with van der Waals surface area (Å²) in [6.07, 6.45) is 3.83. The summed E-state index contributed by atoms with van der Waals surface area (Å²) in [5, 5.41) is 19.5. The van der Waals surface area contributed by atoms with E-state index in [0.29, 0.717) is 27.7 Å². The second-order valence-corrected chi connectivity index (χ2v) is 9.00. The topological polar surface area (TPSA) is 72.9 Å². The lowest BCUT2D eigenvalue weighted by Gasteiger charge is -2.14. The Bertz CT molecular complexity index is 1480. The first-order valence-electron chi connectivity index (χ1n) is 10.2. The molecule has 0 unspecified atom stereocenters. The first-order chi connectivity index (χ1) is 16.0. The van der Waals surface area contributed by atoms with Crippen LogP contribution in [0.4, 0.5) is 5.69 Å². The Morgan fingerprint density at radius 3 is 2.55 bits per heavy atom. The number of nitrogens with zero attached hydrogens (tertiary/aromatic N) is 3. The van der Waals surface area contributed by atoms with Crippen LogP contribution in [0.5, 0.6) is 0 Å². The highest BCUT2D eigenvalue weighted by atomic mass is 35.5. The standard InChI is InChI=1S/C26H17ClN4OS/c27-20-9-11-21(12-10-20)31-25(32)24(33-26(31)29)13-19-16-30(23-8-4-3-7-22(19)23)15-18-6-2-1-5-17(18)14-28/h1-13,16,29H,15H2. The van der Waals surface area contributed by atoms with Crippen LogP contribution in [0.3, 0.4) is 0 Å². The number of rotatable bonds is 4. The summed E-state index contributed by atoms with van der Waals surface area (Å²) in [5.41, 5.74) is 4.09. The zero-order chi connectivity index (χ0) is 22.9. The highest BCUT2D eigenvalue weighted by molar-refractivity contribution is 8.19. The van der Waals surface area contributed by atoms with E-state index >= 15 is 0 Å². The Morgan fingerprint density at radius 1 is 1.03 bits per heavy atom. The molecular weight excluding hydrogens is 452 g/mol. The summed E-state index contributed by atoms with van der Waals surface area (Å²) in [4.78, 5) is 15.0. The van der Waals surface area contributed by atoms with Crippen LogP contribution in [0.25, 0.3) is 17.0 Å². The van der Waals surface area contributed by atoms with Crippen molar-refractivity contribution < 1.29 is 4.79 Å². The SMILES string of the molecule is N#Cc1ccccc1Cn1cc(C=C2SC(=N)N(c3ccc(Cl)cc3)C2=O)c2ccccc21. The largest absolute Gasteiger partial charge is 0.342 e. The van der Waals surface area contributed by atoms with Crippen LogP contribution in [-0.2, 0) is 11.3 Å². The fourth-order valence-electron chi connectivity index (χ4n) is 3.92. The van der Waals surface area contributed by atoms with Crippen LogP contribution < -0.4 is 4.90 Å². The van der Waals surface area contributed by atoms with Gasteiger partial charge in [0.05, 0.1) is 22.2 Å². The van der Waals surface area contributed by atoms with E-state index in [2.05, 4.69) is 10.6 Å². The van der Waals surface area contributed by atoms with Crippen molar-refractivity contribution in [1.29, 1.82) is 10.7 Å². The number of hydrogen-bond donors (Lipinski definition) is 1. The number of hydrogen-bond acceptors (Lipinski definition) is 4. The number of carbonyl (C=O) groups is 1. The average molecular weight is 469 g/mol. The third-order valence-electron chi connectivity index (χ3n) is 5.49. The molecule has 1 amide bonds. The summed E-state index contributed by atoms with van der Waals surface area (Å²) in [6, 6.07) is 24.7. The minimum absolute atomic E-state index is 0.153. The predicted molar refractivity (Wildman–Crippen MR) is 134 cm³/mol. The Labute approximate surface area is 200 Å². The van der Waals surface area contributed by atoms with Crippen molar-refractivity contribution in [3.8, 4) is 6.07 Å². The molecule has 33 heavy (non-hydrogen) atoms. The van der Waals surface area contributed by atoms with Gasteiger partial charge in [-0.3, -0.25) is 15.1 Å². The van der Waals surface area contributed by atoms with Gasteiger partial charge in [-0.1, -0.05) is 48.0 Å². The van der Waals surface area contributed by atoms with Gasteiger partial charge in [0.15, 0.2) is 5.17 Å². The molecule has 5 nitrogen and oxygen atoms in total. The van der Waals surface area contributed by atoms with Gasteiger partial charge in [0.1, 0.15) is 0 Å². The lowest BCUT2D eigenvalue weighted by atomic mass is 10.1. The monoisotopic (exact) mass is 468 g/mol. The van der Waals surface area contributed by atoms with Crippen molar-refractivity contribution in [3.05, 3.63) is 106 Å². The van der Waals surface area contributed by atoms with Crippen molar-refractivity contribution in [3.63, 3.8) is 0 Å². The average Bonchev–Trinajstić information content (AvgIpc) is 3.31. The molecule has 0 radical (unpaired) electrons. The number of nitriles is 1. The lowest BCUT2D eigenvalue weighted by molar-refractivity contribution is -0.113. The predicted octanol–water partition coefficient (Wildman–Crippen LogP) is 6.27. The maximum Gasteiger partial charge on any atom is 0.271 e. The number of para-hydroxylation sites is 1. The molecule has 3 aromatic carbocycles. The third kappa shape index (κ3) is 3.93. The first-order valence-corrected chi connectivity index (χ1v) is 11.4. The molecule has 0 atom stereocenters. The van der Waals surface area contributed by atoms with Crippen molar-refractivity contribution >= 4 is 57.1 Å². The van der Waals surface area contributed by atoms with Crippen LogP contribution in [-0.4, -0.2) is 15.6 Å². The molecule has 5 rings (SSSR count). The fourth-order valence-corrected chi connectivity index (χ4v) is 4.90. The van der Waals surface area contributed by atoms with Crippen LogP contribution in [0.1, 0.15) is 16.7 Å². The van der Waals surface area contributed by atoms with Crippen molar-refractivity contribution in [2.75, 3.05) is 4.90 Å². The number of carbonyl (C=O) groups excluding carboxylic acids is 1. The molecular formula is C26H17ClN4OS. The third-order valence-corrected chi connectivity index (χ3v) is 6.63. The number of nitrogens with one attached hydrogen (secondary N) is 1. The molecule has 1 saturated heterocycles. The number of fused-ring (bicyclic) bond motifs is 1. The molecule has 4 aromatic rings. The van der Waals surface area contributed by atoms with Crippen molar-refractivity contribution in [2.24, 2.45) is 0 Å². The highest BCUT2D eigenvalue weighted by Crippen LogP contribution is 2.37. The van der Waals surface area contributed by atoms with E-state index in [4.69, 9.17) is 17.0 Å². The van der Waals surface area contributed by atoms with E-state index in [1.807, 2.05) is 60.8 Å². The van der Waals surface area contributed by atoms with Gasteiger partial charge in [-0.15, -0.1) is 0 Å². The number of anilines is 1. The minimum atomic E-state index is -0.237. The van der Waals surface area contributed by atoms with Gasteiger partial charge in [-0.05, 0) is 59.8 Å². The molecule has 1 N–H and O–H groups in total. The lowest BCUT2D eigenvalue weighted by Crippen LogP contribution is -2.27. The maximum atomic E-state index is 13.1. The van der Waals surface area contributed by atoms with E-state index in [-0.39, 0.29) is 11.1 Å². The molecule has 0 spiro atoms. The fraction of sp³-hybridized carbons (Fsp3) is 0.0385. The molecule has 2 heterocycles. The van der Waals surface area contributed by atoms with Crippen molar-refractivity contribution in [1.82, 2.24) is 4.57 Å². The Hall–Kier alpha value is -3.79. The number of amides is 1. The maximum absolute atomic E-state index is 13.1. The molecule has 1 aromatic heterocycles. The second kappa shape index (κ2) is 8.62. The molecule has 1 fully saturated rings. The number of halogens is 1. The van der Waals surface area contributed by atoms with Gasteiger partial charge < -0.3 is 4.57 Å². The summed E-state index contributed by atoms with van der Waals surface area (Å²) in [5.74, 6) is -0.237. The van der Waals surface area contributed by atoms with E-state index in [1.165, 1.54) is 4.90 Å². The normalized spacial score (nSPS) is 14.9. The van der Waals surface area contributed by atoms with Crippen LogP contribution in [0.15, 0.2) is 83.9 Å². The smallest absolute Gasteiger partial charge is 0.271 e. The van der Waals surface area contributed by atoms with Gasteiger partial charge in [-0.25, -0.2) is 0 Å². The summed E-state index contributed by atoms with van der Waals surface area (Å²) >= 11 is 7.11. The van der Waals surface area contributed by atoms with E-state index in [1.54, 1.807) is 24.3 Å². The number of benzene rings is 3. The van der Waals surface area contributed by atoms with Gasteiger partial charge >= 0.3 is 0 Å². The highest BCUT2D eigenvalue weighted by Gasteiger charge is 2.33. The van der Waals surface area contributed by atoms with E-state index in [0.717, 1.165) is 33.8 Å². The molecule has 1 aliphatic rings. The zero-order valence-corrected chi connectivity index (χ0v) is 18.9. The molecule has 160 valence electrons. The molecule has 1 aliphatic heterocycles. The quantitative estimate of drug-likeness (QED) is 0.359. The van der Waals surface area contributed by atoms with Crippen LogP contribution in [0, 0.1) is 16.7 Å². The van der Waals surface area contributed by atoms with Crippen molar-refractivity contribution in [2.45, 2.75) is 6.54 Å². The van der Waals surface area contributed by atoms with E-state index in [9.17, 15) is 10.1 Å².